The second kappa shape index (κ2) is 14.7. The Balaban J connectivity index is 1.36. The van der Waals surface area contributed by atoms with Crippen LogP contribution in [0.25, 0.3) is 0 Å². The molecule has 0 unspecified atom stereocenters. The molecule has 3 aromatic carbocycles. The topological polar surface area (TPSA) is 125 Å². The summed E-state index contributed by atoms with van der Waals surface area (Å²) in [6, 6.07) is 23.2. The van der Waals surface area contributed by atoms with Crippen LogP contribution in [0.1, 0.15) is 30.1 Å². The van der Waals surface area contributed by atoms with Crippen LogP contribution in [-0.2, 0) is 35.1 Å². The normalized spacial score (nSPS) is 29.3. The van der Waals surface area contributed by atoms with Crippen LogP contribution in [0.2, 0.25) is 5.02 Å². The maximum atomic E-state index is 15.2. The van der Waals surface area contributed by atoms with Crippen LogP contribution in [0.5, 0.6) is 0 Å². The molecule has 4 aliphatic rings. The number of amides is 3. The van der Waals surface area contributed by atoms with Crippen LogP contribution in [0.4, 0.5) is 5.69 Å². The van der Waals surface area contributed by atoms with Crippen LogP contribution in [-0.4, -0.2) is 77.2 Å². The summed E-state index contributed by atoms with van der Waals surface area (Å²) in [6.45, 7) is -0.300. The molecule has 0 aliphatic carbocycles. The lowest BCUT2D eigenvalue weighted by atomic mass is 9.74. The highest BCUT2D eigenvalue weighted by Gasteiger charge is 2.75. The number of carbonyl (C=O) groups excluding carboxylic acids is 4. The van der Waals surface area contributed by atoms with Crippen molar-refractivity contribution in [2.45, 2.75) is 49.2 Å². The number of aliphatic hydroxyl groups excluding tert-OH is 1. The lowest BCUT2D eigenvalue weighted by Crippen LogP contribution is -2.59. The van der Waals surface area contributed by atoms with Crippen LogP contribution in [0, 0.1) is 11.8 Å². The number of ether oxygens (including phenoxy) is 2. The number of benzene rings is 3. The highest BCUT2D eigenvalue weighted by molar-refractivity contribution is 9.11. The fraction of sp³-hybridized carbons (Fsp3) is 0.333. The summed E-state index contributed by atoms with van der Waals surface area (Å²) in [5, 5.41) is 14.3. The second-order valence-corrected chi connectivity index (χ2v) is 14.5. The number of rotatable bonds is 6. The maximum absolute atomic E-state index is 15.2. The minimum absolute atomic E-state index is 0.0263. The molecule has 4 heterocycles. The zero-order chi connectivity index (χ0) is 35.7. The predicted octanol–water partition coefficient (Wildman–Crippen LogP) is 4.90. The quantitative estimate of drug-likeness (QED) is 0.270. The third-order valence-electron chi connectivity index (χ3n) is 10.1. The van der Waals surface area contributed by atoms with Crippen molar-refractivity contribution in [3.05, 3.63) is 124 Å². The maximum Gasteiger partial charge on any atom is 0.313 e. The standard InChI is InChI=1S/C39H37BrClN3O7/c40-29-21-39-33-32(34(29)51-39)38(49)50-30(25-12-6-2-7-13-25)22-42-31(46)14-8-3-9-19-43(27-17-15-26(41)16-18-27)37(48)35(39)44(36(33)47)28(23-45)20-24-10-4-1-5-11-24/h1-7,9-13,15-18,21,28,30,32-35,45H,8,14,19-20,22-23H2,(H,42,46)/b9-3-/t28-,30+,32+,33-,34+,35+,39-/m1/s1. The minimum atomic E-state index is -1.55. The zero-order valence-corrected chi connectivity index (χ0v) is 29.9. The number of nitrogens with zero attached hydrogens (tertiary/aromatic N) is 2. The van der Waals surface area contributed by atoms with Crippen LogP contribution < -0.4 is 10.2 Å². The molecule has 7 rings (SSSR count). The molecule has 2 fully saturated rings. The van der Waals surface area contributed by atoms with Gasteiger partial charge in [0.15, 0.2) is 0 Å². The lowest BCUT2D eigenvalue weighted by Gasteiger charge is -2.38. The number of fused-ring (bicyclic) bond motifs is 2. The summed E-state index contributed by atoms with van der Waals surface area (Å²) in [5.74, 6) is -4.10. The number of anilines is 1. The molecular formula is C39H37BrClN3O7. The van der Waals surface area contributed by atoms with Crippen molar-refractivity contribution in [2.75, 3.05) is 24.6 Å². The van der Waals surface area contributed by atoms with Crippen molar-refractivity contribution in [3.8, 4) is 0 Å². The molecule has 4 aliphatic heterocycles. The molecule has 0 saturated carbocycles. The molecule has 12 heteroatoms. The molecule has 7 atom stereocenters. The van der Waals surface area contributed by atoms with E-state index >= 15 is 4.79 Å². The summed E-state index contributed by atoms with van der Waals surface area (Å²) in [6.07, 6.45) is 4.48. The van der Waals surface area contributed by atoms with E-state index in [2.05, 4.69) is 21.2 Å². The number of likely N-dealkylation sites (tertiary alicyclic amines) is 1. The van der Waals surface area contributed by atoms with Gasteiger partial charge in [-0.1, -0.05) is 100 Å². The highest BCUT2D eigenvalue weighted by atomic mass is 79.9. The average molecular weight is 775 g/mol. The van der Waals surface area contributed by atoms with E-state index in [1.54, 1.807) is 35.2 Å². The van der Waals surface area contributed by atoms with Gasteiger partial charge >= 0.3 is 5.97 Å². The van der Waals surface area contributed by atoms with E-state index in [0.29, 0.717) is 27.2 Å². The predicted molar refractivity (Wildman–Crippen MR) is 194 cm³/mol. The first-order chi connectivity index (χ1) is 24.7. The van der Waals surface area contributed by atoms with E-state index in [1.807, 2.05) is 72.8 Å². The smallest absolute Gasteiger partial charge is 0.313 e. The molecule has 0 aromatic heterocycles. The monoisotopic (exact) mass is 773 g/mol. The van der Waals surface area contributed by atoms with Gasteiger partial charge in [0.2, 0.25) is 11.8 Å². The van der Waals surface area contributed by atoms with Gasteiger partial charge in [-0.2, -0.15) is 0 Å². The van der Waals surface area contributed by atoms with Crippen molar-refractivity contribution in [1.82, 2.24) is 10.2 Å². The molecule has 264 valence electrons. The first-order valence-electron chi connectivity index (χ1n) is 17.0. The van der Waals surface area contributed by atoms with Crippen molar-refractivity contribution >= 4 is 56.9 Å². The molecule has 3 aromatic rings. The number of esters is 1. The SMILES string of the molecule is O=C1CC/C=C\CN(c2ccc(Cl)cc2)C(=O)[C@@H]2N([C@@H](CO)Cc3ccccc3)C(=O)[C@H]3[C@H](C(=O)O[C@H](c4ccccc4)CN1)[C@H]1O[C@@]23C=C1Br. The largest absolute Gasteiger partial charge is 0.455 e. The van der Waals surface area contributed by atoms with Gasteiger partial charge in [-0.15, -0.1) is 0 Å². The third kappa shape index (κ3) is 6.64. The molecule has 5 bridgehead atoms. The van der Waals surface area contributed by atoms with Gasteiger partial charge < -0.3 is 29.7 Å². The summed E-state index contributed by atoms with van der Waals surface area (Å²) < 4.78 is 13.4. The summed E-state index contributed by atoms with van der Waals surface area (Å²) >= 11 is 9.83. The first kappa shape index (κ1) is 35.1. The Bertz CT molecular complexity index is 1860. The van der Waals surface area contributed by atoms with Gasteiger partial charge in [-0.25, -0.2) is 0 Å². The van der Waals surface area contributed by atoms with E-state index in [1.165, 1.54) is 4.90 Å². The molecule has 3 amide bonds. The van der Waals surface area contributed by atoms with Crippen molar-refractivity contribution in [2.24, 2.45) is 11.8 Å². The summed E-state index contributed by atoms with van der Waals surface area (Å²) in [5.41, 5.74) is 0.511. The van der Waals surface area contributed by atoms with Gasteiger partial charge in [0.05, 0.1) is 25.1 Å². The Labute approximate surface area is 309 Å². The Morgan fingerprint density at radius 3 is 2.35 bits per heavy atom. The Kier molecular flexibility index (Phi) is 10.2. The molecular weight excluding hydrogens is 738 g/mol. The summed E-state index contributed by atoms with van der Waals surface area (Å²) in [7, 11) is 0. The van der Waals surface area contributed by atoms with E-state index in [4.69, 9.17) is 21.1 Å². The van der Waals surface area contributed by atoms with E-state index in [9.17, 15) is 19.5 Å². The zero-order valence-electron chi connectivity index (χ0n) is 27.6. The number of carbonyl (C=O) groups is 4. The Morgan fingerprint density at radius 1 is 0.941 bits per heavy atom. The van der Waals surface area contributed by atoms with Gasteiger partial charge in [0.1, 0.15) is 29.8 Å². The second-order valence-electron chi connectivity index (χ2n) is 13.2. The Hall–Kier alpha value is -4.29. The van der Waals surface area contributed by atoms with E-state index in [-0.39, 0.29) is 31.8 Å². The number of halogens is 2. The van der Waals surface area contributed by atoms with Gasteiger partial charge in [-0.3, -0.25) is 19.2 Å². The lowest BCUT2D eigenvalue weighted by molar-refractivity contribution is -0.160. The van der Waals surface area contributed by atoms with Crippen molar-refractivity contribution in [1.29, 1.82) is 0 Å². The molecule has 51 heavy (non-hydrogen) atoms. The fourth-order valence-electron chi connectivity index (χ4n) is 7.75. The summed E-state index contributed by atoms with van der Waals surface area (Å²) in [4.78, 5) is 60.3. The van der Waals surface area contributed by atoms with Crippen molar-refractivity contribution < 1.29 is 33.8 Å². The average Bonchev–Trinajstić information content (AvgIpc) is 3.74. The Morgan fingerprint density at radius 2 is 1.65 bits per heavy atom. The van der Waals surface area contributed by atoms with Crippen LogP contribution in [0.15, 0.2) is 108 Å². The molecule has 2 saturated heterocycles. The van der Waals surface area contributed by atoms with Gasteiger partial charge in [-0.05, 0) is 54.3 Å². The van der Waals surface area contributed by atoms with Crippen LogP contribution >= 0.6 is 27.5 Å². The fourth-order valence-corrected chi connectivity index (χ4v) is 8.61. The third-order valence-corrected chi connectivity index (χ3v) is 11.0. The number of allylic oxidation sites excluding steroid dienone is 1. The molecule has 2 N–H and O–H groups in total. The number of hydrogen-bond donors (Lipinski definition) is 2. The molecule has 0 radical (unpaired) electrons. The minimum Gasteiger partial charge on any atom is -0.455 e. The van der Waals surface area contributed by atoms with Crippen molar-refractivity contribution in [3.63, 3.8) is 0 Å². The van der Waals surface area contributed by atoms with Gasteiger partial charge in [0.25, 0.3) is 5.91 Å². The number of aliphatic hydroxyl groups is 1. The number of cyclic esters (lactones) is 1. The van der Waals surface area contributed by atoms with E-state index < -0.39 is 66.1 Å². The number of hydrogen-bond acceptors (Lipinski definition) is 7. The molecule has 10 nitrogen and oxygen atoms in total. The number of nitrogens with one attached hydrogen (secondary N) is 1. The van der Waals surface area contributed by atoms with Crippen LogP contribution in [0.3, 0.4) is 0 Å². The van der Waals surface area contributed by atoms with Gasteiger partial charge in [0, 0.05) is 28.2 Å². The first-order valence-corrected chi connectivity index (χ1v) is 18.2. The van der Waals surface area contributed by atoms with E-state index in [0.717, 1.165) is 5.56 Å². The molecule has 1 spiro atoms. The highest BCUT2D eigenvalue weighted by Crippen LogP contribution is 2.59.